The lowest BCUT2D eigenvalue weighted by atomic mass is 9.73. The van der Waals surface area contributed by atoms with Gasteiger partial charge >= 0.3 is 0 Å². The molecule has 2 saturated heterocycles. The van der Waals surface area contributed by atoms with Gasteiger partial charge in [0.25, 0.3) is 5.91 Å². The fourth-order valence-electron chi connectivity index (χ4n) is 3.89. The van der Waals surface area contributed by atoms with Gasteiger partial charge in [0.2, 0.25) is 0 Å². The summed E-state index contributed by atoms with van der Waals surface area (Å²) in [5, 5.41) is 16.8. The largest absolute Gasteiger partial charge is 0.396 e. The van der Waals surface area contributed by atoms with Gasteiger partial charge in [-0.2, -0.15) is 5.10 Å². The molecule has 0 unspecified atom stereocenters. The summed E-state index contributed by atoms with van der Waals surface area (Å²) in [7, 11) is 0. The van der Waals surface area contributed by atoms with Crippen molar-refractivity contribution >= 4 is 5.91 Å². The number of halogens is 3. The van der Waals surface area contributed by atoms with E-state index in [0.29, 0.717) is 24.7 Å². The first-order valence-electron chi connectivity index (χ1n) is 8.68. The number of benzene rings is 1. The van der Waals surface area contributed by atoms with E-state index in [0.717, 1.165) is 19.2 Å². The third-order valence-electron chi connectivity index (χ3n) is 5.58. The van der Waals surface area contributed by atoms with E-state index in [9.17, 15) is 23.1 Å². The number of aliphatic hydroxyl groups is 1. The van der Waals surface area contributed by atoms with Gasteiger partial charge < -0.3 is 15.3 Å². The molecule has 27 heavy (non-hydrogen) atoms. The number of likely N-dealkylation sites (tertiary alicyclic amines) is 1. The van der Waals surface area contributed by atoms with Crippen molar-refractivity contribution in [3.05, 3.63) is 53.1 Å². The van der Waals surface area contributed by atoms with Crippen LogP contribution in [0.3, 0.4) is 0 Å². The Bertz CT molecular complexity index is 881. The van der Waals surface area contributed by atoms with E-state index in [1.807, 2.05) is 0 Å². The highest BCUT2D eigenvalue weighted by Gasteiger charge is 2.51. The first-order chi connectivity index (χ1) is 12.9. The van der Waals surface area contributed by atoms with Crippen LogP contribution in [0.25, 0.3) is 0 Å². The molecule has 2 fully saturated rings. The number of carbonyl (C=O) groups excluding carboxylic acids is 1. The summed E-state index contributed by atoms with van der Waals surface area (Å²) in [6.45, 7) is 2.49. The molecule has 4 rings (SSSR count). The third kappa shape index (κ3) is 3.10. The topological polar surface area (TPSA) is 70.4 Å². The van der Waals surface area contributed by atoms with Crippen LogP contribution < -0.4 is 5.32 Å². The molecule has 0 saturated carbocycles. The number of amides is 1. The lowest BCUT2D eigenvalue weighted by Gasteiger charge is -2.42. The molecule has 1 atom stereocenters. The summed E-state index contributed by atoms with van der Waals surface area (Å²) in [5.41, 5.74) is 0.200. The Hall–Kier alpha value is -2.39. The van der Waals surface area contributed by atoms with Crippen molar-refractivity contribution in [1.29, 1.82) is 0 Å². The van der Waals surface area contributed by atoms with Crippen LogP contribution in [0.2, 0.25) is 0 Å². The van der Waals surface area contributed by atoms with Crippen molar-refractivity contribution in [1.82, 2.24) is 20.0 Å². The summed E-state index contributed by atoms with van der Waals surface area (Å²) in [5.74, 6) is -3.44. The minimum atomic E-state index is -1.25. The minimum Gasteiger partial charge on any atom is -0.396 e. The first-order valence-corrected chi connectivity index (χ1v) is 8.68. The highest BCUT2D eigenvalue weighted by atomic mass is 19.2. The normalized spacial score (nSPS) is 20.9. The standard InChI is InChI=1S/C18H19F3N4O2/c19-14-2-16(21)15(20)1-11(14)4-25-5-12(3-23-25)17(27)24-6-13(7-26)18(10-24)8-22-9-18/h1-3,5,13,22,26H,4,6-10H2/t13-/m0/s1. The van der Waals surface area contributed by atoms with E-state index >= 15 is 0 Å². The second-order valence-electron chi connectivity index (χ2n) is 7.32. The summed E-state index contributed by atoms with van der Waals surface area (Å²) < 4.78 is 41.4. The number of hydrogen-bond acceptors (Lipinski definition) is 4. The lowest BCUT2D eigenvalue weighted by molar-refractivity contribution is 0.0703. The molecule has 2 aliphatic heterocycles. The Labute approximate surface area is 153 Å². The highest BCUT2D eigenvalue weighted by molar-refractivity contribution is 5.94. The maximum Gasteiger partial charge on any atom is 0.257 e. The molecule has 2 aromatic rings. The van der Waals surface area contributed by atoms with E-state index in [-0.39, 0.29) is 36.0 Å². The van der Waals surface area contributed by atoms with Crippen molar-refractivity contribution in [2.24, 2.45) is 11.3 Å². The quantitative estimate of drug-likeness (QED) is 0.777. The van der Waals surface area contributed by atoms with Gasteiger partial charge in [-0.3, -0.25) is 9.48 Å². The van der Waals surface area contributed by atoms with Gasteiger partial charge in [0.1, 0.15) is 5.82 Å². The Kier molecular flexibility index (Phi) is 4.43. The van der Waals surface area contributed by atoms with Gasteiger partial charge in [0, 0.05) is 61.9 Å². The average Bonchev–Trinajstić information content (AvgIpc) is 3.23. The van der Waals surface area contributed by atoms with Crippen LogP contribution in [0.5, 0.6) is 0 Å². The van der Waals surface area contributed by atoms with E-state index in [1.54, 1.807) is 4.90 Å². The molecule has 2 aliphatic rings. The Morgan fingerprint density at radius 2 is 2.00 bits per heavy atom. The SMILES string of the molecule is O=C(c1cnn(Cc2cc(F)c(F)cc2F)c1)N1C[C@@H](CO)C2(CNC2)C1. The number of rotatable bonds is 4. The molecule has 1 spiro atoms. The average molecular weight is 380 g/mol. The summed E-state index contributed by atoms with van der Waals surface area (Å²) >= 11 is 0. The van der Waals surface area contributed by atoms with Crippen LogP contribution in [0.1, 0.15) is 15.9 Å². The fraction of sp³-hybridized carbons (Fsp3) is 0.444. The zero-order chi connectivity index (χ0) is 19.2. The Morgan fingerprint density at radius 1 is 1.26 bits per heavy atom. The van der Waals surface area contributed by atoms with Crippen molar-refractivity contribution < 1.29 is 23.1 Å². The van der Waals surface area contributed by atoms with E-state index in [4.69, 9.17) is 0 Å². The van der Waals surface area contributed by atoms with Crippen LogP contribution >= 0.6 is 0 Å². The van der Waals surface area contributed by atoms with Crippen LogP contribution in [0, 0.1) is 28.8 Å². The Balaban J connectivity index is 1.48. The molecule has 1 aromatic carbocycles. The minimum absolute atomic E-state index is 0.0279. The predicted octanol–water partition coefficient (Wildman–Crippen LogP) is 1.00. The monoisotopic (exact) mass is 380 g/mol. The lowest BCUT2D eigenvalue weighted by Crippen LogP contribution is -2.58. The summed E-state index contributed by atoms with van der Waals surface area (Å²) in [6.07, 6.45) is 2.83. The van der Waals surface area contributed by atoms with Crippen LogP contribution in [-0.4, -0.2) is 58.5 Å². The molecule has 144 valence electrons. The maximum atomic E-state index is 13.8. The molecule has 1 amide bonds. The van der Waals surface area contributed by atoms with Crippen LogP contribution in [-0.2, 0) is 6.54 Å². The number of hydrogen-bond donors (Lipinski definition) is 2. The van der Waals surface area contributed by atoms with E-state index in [2.05, 4.69) is 10.4 Å². The number of nitrogens with one attached hydrogen (secondary N) is 1. The van der Waals surface area contributed by atoms with Gasteiger partial charge in [-0.15, -0.1) is 0 Å². The fourth-order valence-corrected chi connectivity index (χ4v) is 3.89. The smallest absolute Gasteiger partial charge is 0.257 e. The van der Waals surface area contributed by atoms with Crippen molar-refractivity contribution in [3.63, 3.8) is 0 Å². The molecule has 0 bridgehead atoms. The Morgan fingerprint density at radius 3 is 2.63 bits per heavy atom. The molecule has 3 heterocycles. The molecular formula is C18H19F3N4O2. The number of nitrogens with zero attached hydrogens (tertiary/aromatic N) is 3. The van der Waals surface area contributed by atoms with Gasteiger partial charge in [-0.25, -0.2) is 13.2 Å². The first kappa shape index (κ1) is 18.0. The van der Waals surface area contributed by atoms with Gasteiger partial charge in [-0.05, 0) is 6.07 Å². The molecule has 9 heteroatoms. The van der Waals surface area contributed by atoms with E-state index < -0.39 is 17.5 Å². The van der Waals surface area contributed by atoms with Gasteiger partial charge in [-0.1, -0.05) is 0 Å². The van der Waals surface area contributed by atoms with Crippen molar-refractivity contribution in [2.75, 3.05) is 32.8 Å². The number of carbonyl (C=O) groups is 1. The number of aromatic nitrogens is 2. The van der Waals surface area contributed by atoms with E-state index in [1.165, 1.54) is 17.1 Å². The molecule has 6 nitrogen and oxygen atoms in total. The third-order valence-corrected chi connectivity index (χ3v) is 5.58. The molecule has 0 aliphatic carbocycles. The predicted molar refractivity (Wildman–Crippen MR) is 89.4 cm³/mol. The van der Waals surface area contributed by atoms with Crippen molar-refractivity contribution in [3.8, 4) is 0 Å². The highest BCUT2D eigenvalue weighted by Crippen LogP contribution is 2.39. The summed E-state index contributed by atoms with van der Waals surface area (Å²) in [4.78, 5) is 14.5. The molecular weight excluding hydrogens is 361 g/mol. The molecule has 2 N–H and O–H groups in total. The van der Waals surface area contributed by atoms with Crippen LogP contribution in [0.4, 0.5) is 13.2 Å². The second kappa shape index (κ2) is 6.65. The van der Waals surface area contributed by atoms with Crippen LogP contribution in [0.15, 0.2) is 24.5 Å². The molecule has 1 aromatic heterocycles. The maximum absolute atomic E-state index is 13.8. The number of aliphatic hydroxyl groups excluding tert-OH is 1. The zero-order valence-electron chi connectivity index (χ0n) is 14.5. The second-order valence-corrected chi connectivity index (χ2v) is 7.32. The zero-order valence-corrected chi connectivity index (χ0v) is 14.5. The van der Waals surface area contributed by atoms with Crippen molar-refractivity contribution in [2.45, 2.75) is 6.54 Å². The van der Waals surface area contributed by atoms with Gasteiger partial charge in [0.05, 0.1) is 18.3 Å². The molecule has 0 radical (unpaired) electrons. The van der Waals surface area contributed by atoms with Gasteiger partial charge in [0.15, 0.2) is 11.6 Å². The summed E-state index contributed by atoms with van der Waals surface area (Å²) in [6, 6.07) is 1.28.